The van der Waals surface area contributed by atoms with Gasteiger partial charge >= 0.3 is 0 Å². The van der Waals surface area contributed by atoms with Gasteiger partial charge in [0.15, 0.2) is 0 Å². The molecule has 122 valence electrons. The van der Waals surface area contributed by atoms with Gasteiger partial charge in [-0.15, -0.1) is 11.8 Å². The Morgan fingerprint density at radius 3 is 2.83 bits per heavy atom. The number of aryl methyl sites for hydroxylation is 1. The Kier molecular flexibility index (Phi) is 5.00. The number of carbonyl (C=O) groups excluding carboxylic acids is 1. The van der Waals surface area contributed by atoms with Crippen molar-refractivity contribution >= 4 is 17.7 Å². The number of aromatic nitrogens is 2. The molecule has 1 aromatic heterocycles. The van der Waals surface area contributed by atoms with Crippen molar-refractivity contribution in [2.45, 2.75) is 37.1 Å². The van der Waals surface area contributed by atoms with Gasteiger partial charge in [0.1, 0.15) is 5.82 Å². The van der Waals surface area contributed by atoms with E-state index >= 15 is 0 Å². The lowest BCUT2D eigenvalue weighted by Crippen LogP contribution is -2.25. The molecule has 1 aliphatic rings. The highest BCUT2D eigenvalue weighted by molar-refractivity contribution is 8.00. The molecule has 1 aromatic carbocycles. The Balaban J connectivity index is 1.52. The van der Waals surface area contributed by atoms with Crippen molar-refractivity contribution in [3.05, 3.63) is 47.0 Å². The topological polar surface area (TPSA) is 46.9 Å². The first-order chi connectivity index (χ1) is 11.1. The molecular formula is C17H20FN3OS. The van der Waals surface area contributed by atoms with Crippen LogP contribution >= 0.6 is 11.8 Å². The van der Waals surface area contributed by atoms with Crippen LogP contribution in [0.3, 0.4) is 0 Å². The number of benzene rings is 1. The lowest BCUT2D eigenvalue weighted by Gasteiger charge is -2.12. The van der Waals surface area contributed by atoms with Crippen molar-refractivity contribution < 1.29 is 9.18 Å². The number of thioether (sulfide) groups is 1. The van der Waals surface area contributed by atoms with Crippen LogP contribution in [0, 0.1) is 5.82 Å². The van der Waals surface area contributed by atoms with E-state index in [9.17, 15) is 9.18 Å². The summed E-state index contributed by atoms with van der Waals surface area (Å²) in [5.41, 5.74) is 3.61. The number of amides is 1. The third-order valence-electron chi connectivity index (χ3n) is 4.08. The molecule has 0 spiro atoms. The van der Waals surface area contributed by atoms with E-state index in [1.165, 1.54) is 48.0 Å². The Morgan fingerprint density at radius 2 is 2.04 bits per heavy atom. The van der Waals surface area contributed by atoms with Crippen LogP contribution in [-0.2, 0) is 31.2 Å². The van der Waals surface area contributed by atoms with Gasteiger partial charge in [-0.3, -0.25) is 9.48 Å². The summed E-state index contributed by atoms with van der Waals surface area (Å²) in [7, 11) is 1.97. The van der Waals surface area contributed by atoms with Gasteiger partial charge in [-0.05, 0) is 55.5 Å². The maximum Gasteiger partial charge on any atom is 0.230 e. The number of carbonyl (C=O) groups is 1. The fraction of sp³-hybridized carbons (Fsp3) is 0.412. The SMILES string of the molecule is Cn1nc(CNC(=O)CSc2ccc(F)cc2)c2c1CCCC2. The minimum atomic E-state index is -0.265. The number of nitrogens with zero attached hydrogens (tertiary/aromatic N) is 2. The molecule has 6 heteroatoms. The van der Waals surface area contributed by atoms with E-state index in [4.69, 9.17) is 0 Å². The first kappa shape index (κ1) is 16.1. The molecule has 1 heterocycles. The van der Waals surface area contributed by atoms with E-state index in [1.807, 2.05) is 11.7 Å². The maximum atomic E-state index is 12.8. The van der Waals surface area contributed by atoms with Gasteiger partial charge in [0.2, 0.25) is 5.91 Å². The van der Waals surface area contributed by atoms with Crippen LogP contribution in [-0.4, -0.2) is 21.4 Å². The third kappa shape index (κ3) is 3.93. The zero-order chi connectivity index (χ0) is 16.2. The van der Waals surface area contributed by atoms with E-state index in [0.29, 0.717) is 12.3 Å². The predicted octanol–water partition coefficient (Wildman–Crippen LogP) is 2.85. The Bertz CT molecular complexity index is 697. The monoisotopic (exact) mass is 333 g/mol. The molecule has 0 aliphatic heterocycles. The number of halogens is 1. The standard InChI is InChI=1S/C17H20FN3OS/c1-21-16-5-3-2-4-14(16)15(20-21)10-19-17(22)11-23-13-8-6-12(18)7-9-13/h6-9H,2-5,10-11H2,1H3,(H,19,22). The molecule has 4 nitrogen and oxygen atoms in total. The molecule has 2 aromatic rings. The number of fused-ring (bicyclic) bond motifs is 1. The number of nitrogens with one attached hydrogen (secondary N) is 1. The first-order valence-electron chi connectivity index (χ1n) is 7.82. The van der Waals surface area contributed by atoms with E-state index in [-0.39, 0.29) is 11.7 Å². The van der Waals surface area contributed by atoms with E-state index in [1.54, 1.807) is 12.1 Å². The fourth-order valence-electron chi connectivity index (χ4n) is 2.91. The molecule has 1 aliphatic carbocycles. The quantitative estimate of drug-likeness (QED) is 0.856. The van der Waals surface area contributed by atoms with Gasteiger partial charge in [0, 0.05) is 17.6 Å². The van der Waals surface area contributed by atoms with Crippen molar-refractivity contribution in [2.24, 2.45) is 7.05 Å². The average molecular weight is 333 g/mol. The summed E-state index contributed by atoms with van der Waals surface area (Å²) >= 11 is 1.40. The van der Waals surface area contributed by atoms with Crippen molar-refractivity contribution in [1.29, 1.82) is 0 Å². The van der Waals surface area contributed by atoms with Crippen LogP contribution < -0.4 is 5.32 Å². The van der Waals surface area contributed by atoms with E-state index in [2.05, 4.69) is 10.4 Å². The zero-order valence-electron chi connectivity index (χ0n) is 13.1. The fourth-order valence-corrected chi connectivity index (χ4v) is 3.64. The predicted molar refractivity (Wildman–Crippen MR) is 88.8 cm³/mol. The number of hydrogen-bond acceptors (Lipinski definition) is 3. The Morgan fingerprint density at radius 1 is 1.30 bits per heavy atom. The van der Waals surface area contributed by atoms with Crippen LogP contribution in [0.4, 0.5) is 4.39 Å². The van der Waals surface area contributed by atoms with Gasteiger partial charge in [0.05, 0.1) is 18.0 Å². The van der Waals surface area contributed by atoms with Gasteiger partial charge < -0.3 is 5.32 Å². The highest BCUT2D eigenvalue weighted by atomic mass is 32.2. The van der Waals surface area contributed by atoms with Gasteiger partial charge in [0.25, 0.3) is 0 Å². The molecule has 0 bridgehead atoms. The molecule has 23 heavy (non-hydrogen) atoms. The second kappa shape index (κ2) is 7.17. The number of hydrogen-bond donors (Lipinski definition) is 1. The molecule has 0 fully saturated rings. The number of rotatable bonds is 5. The zero-order valence-corrected chi connectivity index (χ0v) is 14.0. The molecule has 0 unspecified atom stereocenters. The normalized spacial score (nSPS) is 13.7. The molecule has 0 saturated carbocycles. The lowest BCUT2D eigenvalue weighted by atomic mass is 9.96. The van der Waals surface area contributed by atoms with Gasteiger partial charge in [-0.25, -0.2) is 4.39 Å². The lowest BCUT2D eigenvalue weighted by molar-refractivity contribution is -0.118. The summed E-state index contributed by atoms with van der Waals surface area (Å²) in [6, 6.07) is 6.17. The second-order valence-electron chi connectivity index (χ2n) is 5.72. The smallest absolute Gasteiger partial charge is 0.230 e. The summed E-state index contributed by atoms with van der Waals surface area (Å²) in [4.78, 5) is 12.9. The average Bonchev–Trinajstić information content (AvgIpc) is 2.89. The Hall–Kier alpha value is -1.82. The van der Waals surface area contributed by atoms with Crippen molar-refractivity contribution in [3.63, 3.8) is 0 Å². The summed E-state index contributed by atoms with van der Waals surface area (Å²) in [5, 5.41) is 7.48. The maximum absolute atomic E-state index is 12.8. The Labute approximate surface area is 139 Å². The molecule has 0 atom stereocenters. The van der Waals surface area contributed by atoms with Crippen LogP contribution in [0.2, 0.25) is 0 Å². The summed E-state index contributed by atoms with van der Waals surface area (Å²) in [6.07, 6.45) is 4.54. The molecule has 0 radical (unpaired) electrons. The van der Waals surface area contributed by atoms with E-state index < -0.39 is 0 Å². The van der Waals surface area contributed by atoms with Crippen LogP contribution in [0.15, 0.2) is 29.2 Å². The highest BCUT2D eigenvalue weighted by Crippen LogP contribution is 2.24. The highest BCUT2D eigenvalue weighted by Gasteiger charge is 2.19. The van der Waals surface area contributed by atoms with E-state index in [0.717, 1.165) is 23.4 Å². The third-order valence-corrected chi connectivity index (χ3v) is 5.10. The van der Waals surface area contributed by atoms with Crippen LogP contribution in [0.25, 0.3) is 0 Å². The minimum absolute atomic E-state index is 0.0328. The van der Waals surface area contributed by atoms with Gasteiger partial charge in [-0.1, -0.05) is 0 Å². The van der Waals surface area contributed by atoms with Crippen molar-refractivity contribution in [3.8, 4) is 0 Å². The minimum Gasteiger partial charge on any atom is -0.350 e. The largest absolute Gasteiger partial charge is 0.350 e. The molecular weight excluding hydrogens is 313 g/mol. The van der Waals surface area contributed by atoms with Crippen LogP contribution in [0.5, 0.6) is 0 Å². The molecule has 3 rings (SSSR count). The summed E-state index contributed by atoms with van der Waals surface area (Å²) in [6.45, 7) is 0.478. The summed E-state index contributed by atoms with van der Waals surface area (Å²) in [5.74, 6) is 0.0222. The van der Waals surface area contributed by atoms with Crippen molar-refractivity contribution in [1.82, 2.24) is 15.1 Å². The van der Waals surface area contributed by atoms with Crippen molar-refractivity contribution in [2.75, 3.05) is 5.75 Å². The molecule has 1 amide bonds. The molecule has 1 N–H and O–H groups in total. The summed E-state index contributed by atoms with van der Waals surface area (Å²) < 4.78 is 14.8. The second-order valence-corrected chi connectivity index (χ2v) is 6.77. The molecule has 0 saturated heterocycles. The van der Waals surface area contributed by atoms with Gasteiger partial charge in [-0.2, -0.15) is 5.10 Å². The first-order valence-corrected chi connectivity index (χ1v) is 8.81. The van der Waals surface area contributed by atoms with Crippen LogP contribution in [0.1, 0.15) is 29.8 Å².